The number of ether oxygens (including phenoxy) is 1. The standard InChI is InChI=1S/C22H37NO2/c1-20-9-6-16(24)14-15(20)4-5-17-18(20)7-10-21(2)19(17)8-11-22(21)23(3)12-13-25-22/h15-19,24H,4-14H2,1-3H3/p+1/t15-,16-,17-,18-,19+,20-,21-,22-/m0/s1. The number of fused-ring (bicyclic) bond motifs is 6. The third-order valence-corrected chi connectivity index (χ3v) is 10.3. The molecular formula is C22H38NO2+. The molecule has 0 aromatic heterocycles. The molecule has 5 aliphatic rings. The van der Waals surface area contributed by atoms with Crippen LogP contribution in [0.5, 0.6) is 0 Å². The number of rotatable bonds is 0. The number of aliphatic hydroxyl groups excluding tert-OH is 1. The van der Waals surface area contributed by atoms with Gasteiger partial charge in [0, 0.05) is 6.42 Å². The Labute approximate surface area is 153 Å². The summed E-state index contributed by atoms with van der Waals surface area (Å²) in [5.74, 6) is 3.44. The predicted octanol–water partition coefficient (Wildman–Crippen LogP) is 2.63. The van der Waals surface area contributed by atoms with Gasteiger partial charge in [0.1, 0.15) is 13.2 Å². The van der Waals surface area contributed by atoms with E-state index in [0.717, 1.165) is 43.1 Å². The lowest BCUT2D eigenvalue weighted by Crippen LogP contribution is -3.17. The maximum atomic E-state index is 10.2. The molecule has 9 atom stereocenters. The van der Waals surface area contributed by atoms with E-state index >= 15 is 0 Å². The predicted molar refractivity (Wildman–Crippen MR) is 98.2 cm³/mol. The van der Waals surface area contributed by atoms with Gasteiger partial charge in [-0.3, -0.25) is 0 Å². The molecule has 3 heteroatoms. The first-order chi connectivity index (χ1) is 11.9. The van der Waals surface area contributed by atoms with Gasteiger partial charge >= 0.3 is 0 Å². The minimum Gasteiger partial charge on any atom is -0.393 e. The van der Waals surface area contributed by atoms with E-state index in [9.17, 15) is 5.11 Å². The van der Waals surface area contributed by atoms with Crippen molar-refractivity contribution in [2.24, 2.45) is 34.5 Å². The van der Waals surface area contributed by atoms with E-state index in [1.165, 1.54) is 51.5 Å². The summed E-state index contributed by atoms with van der Waals surface area (Å²) < 4.78 is 6.54. The van der Waals surface area contributed by atoms with Gasteiger partial charge in [-0.2, -0.15) is 0 Å². The molecule has 4 aliphatic carbocycles. The quantitative estimate of drug-likeness (QED) is 0.706. The zero-order chi connectivity index (χ0) is 17.4. The van der Waals surface area contributed by atoms with Gasteiger partial charge in [0.05, 0.1) is 18.6 Å². The van der Waals surface area contributed by atoms with Gasteiger partial charge in [0.2, 0.25) is 5.72 Å². The molecule has 1 heterocycles. The molecule has 0 bridgehead atoms. The Bertz CT molecular complexity index is 552. The zero-order valence-corrected chi connectivity index (χ0v) is 16.5. The fourth-order valence-corrected chi connectivity index (χ4v) is 8.88. The van der Waals surface area contributed by atoms with Crippen molar-refractivity contribution in [2.45, 2.75) is 83.5 Å². The summed E-state index contributed by atoms with van der Waals surface area (Å²) >= 11 is 0. The molecule has 0 aromatic rings. The van der Waals surface area contributed by atoms with Gasteiger partial charge in [-0.1, -0.05) is 13.8 Å². The number of quaternary nitrogens is 1. The first-order valence-corrected chi connectivity index (χ1v) is 11.1. The van der Waals surface area contributed by atoms with Gasteiger partial charge < -0.3 is 14.7 Å². The molecule has 142 valence electrons. The topological polar surface area (TPSA) is 33.9 Å². The Morgan fingerprint density at radius 2 is 1.76 bits per heavy atom. The van der Waals surface area contributed by atoms with Crippen molar-refractivity contribution >= 4 is 0 Å². The summed E-state index contributed by atoms with van der Waals surface area (Å²) in [5.41, 5.74) is 0.990. The van der Waals surface area contributed by atoms with Crippen LogP contribution in [0.25, 0.3) is 0 Å². The van der Waals surface area contributed by atoms with E-state index < -0.39 is 0 Å². The maximum absolute atomic E-state index is 10.2. The Balaban J connectivity index is 1.46. The Kier molecular flexibility index (Phi) is 3.71. The van der Waals surface area contributed by atoms with Crippen molar-refractivity contribution in [1.29, 1.82) is 0 Å². The van der Waals surface area contributed by atoms with Crippen LogP contribution in [0.1, 0.15) is 71.6 Å². The van der Waals surface area contributed by atoms with Crippen LogP contribution in [-0.4, -0.2) is 37.1 Å². The molecule has 1 unspecified atom stereocenters. The van der Waals surface area contributed by atoms with Crippen LogP contribution in [0, 0.1) is 34.5 Å². The highest BCUT2D eigenvalue weighted by molar-refractivity contribution is 5.12. The molecule has 0 radical (unpaired) electrons. The Morgan fingerprint density at radius 3 is 2.52 bits per heavy atom. The number of aliphatic hydroxyl groups is 1. The molecule has 3 nitrogen and oxygen atoms in total. The SMILES string of the molecule is C[NH+]1CCO[C@]12CC[C@@H]1[C@H]3CC[C@H]4C[C@@H](O)CC[C@]4(C)[C@H]3CC[C@@]12C. The smallest absolute Gasteiger partial charge is 0.207 e. The summed E-state index contributed by atoms with van der Waals surface area (Å²) in [6.07, 6.45) is 11.5. The Hall–Kier alpha value is -0.120. The van der Waals surface area contributed by atoms with E-state index in [-0.39, 0.29) is 11.8 Å². The molecular weight excluding hydrogens is 310 g/mol. The van der Waals surface area contributed by atoms with Crippen molar-refractivity contribution in [1.82, 2.24) is 0 Å². The molecule has 1 aliphatic heterocycles. The third kappa shape index (κ3) is 2.04. The van der Waals surface area contributed by atoms with Crippen LogP contribution in [0.4, 0.5) is 0 Å². The van der Waals surface area contributed by atoms with Crippen LogP contribution in [0.15, 0.2) is 0 Å². The fraction of sp³-hybridized carbons (Fsp3) is 1.00. The van der Waals surface area contributed by atoms with E-state index in [1.54, 1.807) is 4.90 Å². The second-order valence-corrected chi connectivity index (χ2v) is 10.8. The van der Waals surface area contributed by atoms with Crippen LogP contribution in [-0.2, 0) is 4.74 Å². The Morgan fingerprint density at radius 1 is 0.960 bits per heavy atom. The summed E-state index contributed by atoms with van der Waals surface area (Å²) in [5, 5.41) is 10.2. The van der Waals surface area contributed by atoms with Gasteiger partial charge in [-0.05, 0) is 80.5 Å². The molecule has 2 N–H and O–H groups in total. The lowest BCUT2D eigenvalue weighted by Gasteiger charge is -2.61. The summed E-state index contributed by atoms with van der Waals surface area (Å²) in [6.45, 7) is 7.33. The first kappa shape index (κ1) is 17.0. The number of nitrogens with one attached hydrogen (secondary N) is 1. The summed E-state index contributed by atoms with van der Waals surface area (Å²) in [4.78, 5) is 1.65. The number of likely N-dealkylation sites (N-methyl/N-ethyl adjacent to an activating group) is 1. The van der Waals surface area contributed by atoms with Crippen LogP contribution in [0.2, 0.25) is 0 Å². The van der Waals surface area contributed by atoms with Gasteiger partial charge in [0.15, 0.2) is 0 Å². The van der Waals surface area contributed by atoms with E-state index in [1.807, 2.05) is 0 Å². The molecule has 4 saturated carbocycles. The first-order valence-electron chi connectivity index (χ1n) is 11.1. The van der Waals surface area contributed by atoms with Gasteiger partial charge in [0.25, 0.3) is 0 Å². The molecule has 1 saturated heterocycles. The fourth-order valence-electron chi connectivity index (χ4n) is 8.88. The summed E-state index contributed by atoms with van der Waals surface area (Å²) in [6, 6.07) is 0. The average molecular weight is 349 g/mol. The van der Waals surface area contributed by atoms with Crippen molar-refractivity contribution < 1.29 is 14.7 Å². The molecule has 0 aromatic carbocycles. The van der Waals surface area contributed by atoms with Crippen LogP contribution in [0.3, 0.4) is 0 Å². The van der Waals surface area contributed by atoms with Crippen LogP contribution < -0.4 is 4.90 Å². The maximum Gasteiger partial charge on any atom is 0.207 e. The highest BCUT2D eigenvalue weighted by atomic mass is 16.5. The molecule has 0 amide bonds. The van der Waals surface area contributed by atoms with Crippen molar-refractivity contribution in [3.05, 3.63) is 0 Å². The summed E-state index contributed by atoms with van der Waals surface area (Å²) in [7, 11) is 2.38. The molecule has 5 fully saturated rings. The average Bonchev–Trinajstić information content (AvgIpc) is 3.10. The van der Waals surface area contributed by atoms with E-state index in [4.69, 9.17) is 4.74 Å². The van der Waals surface area contributed by atoms with Gasteiger partial charge in [-0.15, -0.1) is 0 Å². The highest BCUT2D eigenvalue weighted by Crippen LogP contribution is 2.68. The highest BCUT2D eigenvalue weighted by Gasteiger charge is 2.70. The van der Waals surface area contributed by atoms with E-state index in [2.05, 4.69) is 20.9 Å². The zero-order valence-electron chi connectivity index (χ0n) is 16.5. The number of hydrogen-bond acceptors (Lipinski definition) is 2. The van der Waals surface area contributed by atoms with Gasteiger partial charge in [-0.25, -0.2) is 0 Å². The normalized spacial score (nSPS) is 61.0. The lowest BCUT2D eigenvalue weighted by atomic mass is 9.44. The van der Waals surface area contributed by atoms with Crippen LogP contribution >= 0.6 is 0 Å². The molecule has 5 rings (SSSR count). The monoisotopic (exact) mass is 348 g/mol. The second kappa shape index (κ2) is 5.45. The lowest BCUT2D eigenvalue weighted by molar-refractivity contribution is -0.946. The van der Waals surface area contributed by atoms with Crippen molar-refractivity contribution in [2.75, 3.05) is 20.2 Å². The van der Waals surface area contributed by atoms with E-state index in [0.29, 0.717) is 10.8 Å². The van der Waals surface area contributed by atoms with Crippen molar-refractivity contribution in [3.63, 3.8) is 0 Å². The largest absolute Gasteiger partial charge is 0.393 e. The third-order valence-electron chi connectivity index (χ3n) is 10.3. The second-order valence-electron chi connectivity index (χ2n) is 10.8. The molecule has 1 spiro atoms. The minimum atomic E-state index is -0.0256. The minimum absolute atomic E-state index is 0.0256. The number of hydrogen-bond donors (Lipinski definition) is 2. The molecule has 25 heavy (non-hydrogen) atoms. The van der Waals surface area contributed by atoms with Crippen molar-refractivity contribution in [3.8, 4) is 0 Å².